The predicted molar refractivity (Wildman–Crippen MR) is 76.3 cm³/mol. The second-order valence-corrected chi connectivity index (χ2v) is 5.95. The lowest BCUT2D eigenvalue weighted by Crippen LogP contribution is -2.08. The molecule has 2 aromatic heterocycles. The van der Waals surface area contributed by atoms with E-state index in [1.54, 1.807) is 11.3 Å². The van der Waals surface area contributed by atoms with Gasteiger partial charge in [-0.05, 0) is 37.3 Å². The summed E-state index contributed by atoms with van der Waals surface area (Å²) in [5.74, 6) is 0.750. The standard InChI is InChI=1S/C14H12ClNOS/c1-8-5-6-13(18-8)14(16)12-7-9-10(15)3-2-4-11(9)17-12/h2-7,14H,16H2,1H3. The number of fused-ring (bicyclic) bond motifs is 1. The molecule has 0 radical (unpaired) electrons. The molecule has 1 unspecified atom stereocenters. The van der Waals surface area contributed by atoms with Crippen LogP contribution < -0.4 is 5.73 Å². The van der Waals surface area contributed by atoms with Crippen LogP contribution in [0.3, 0.4) is 0 Å². The summed E-state index contributed by atoms with van der Waals surface area (Å²) in [6.07, 6.45) is 0. The van der Waals surface area contributed by atoms with Crippen molar-refractivity contribution in [3.8, 4) is 0 Å². The van der Waals surface area contributed by atoms with E-state index in [1.807, 2.05) is 30.3 Å². The van der Waals surface area contributed by atoms with Crippen LogP contribution >= 0.6 is 22.9 Å². The minimum atomic E-state index is -0.229. The highest BCUT2D eigenvalue weighted by Gasteiger charge is 2.16. The molecule has 92 valence electrons. The third kappa shape index (κ3) is 1.94. The van der Waals surface area contributed by atoms with Gasteiger partial charge >= 0.3 is 0 Å². The largest absolute Gasteiger partial charge is 0.459 e. The van der Waals surface area contributed by atoms with Crippen molar-refractivity contribution < 1.29 is 4.42 Å². The first-order valence-electron chi connectivity index (χ1n) is 5.65. The van der Waals surface area contributed by atoms with Crippen LogP contribution in [0.25, 0.3) is 11.0 Å². The second-order valence-electron chi connectivity index (χ2n) is 4.23. The SMILES string of the molecule is Cc1ccc(C(N)c2cc3c(Cl)cccc3o2)s1. The molecule has 2 heterocycles. The molecule has 0 saturated heterocycles. The fourth-order valence-corrected chi connectivity index (χ4v) is 3.07. The molecule has 3 rings (SSSR count). The highest BCUT2D eigenvalue weighted by Crippen LogP contribution is 2.32. The molecule has 0 saturated carbocycles. The van der Waals surface area contributed by atoms with Gasteiger partial charge in [0.15, 0.2) is 0 Å². The molecule has 0 aliphatic carbocycles. The smallest absolute Gasteiger partial charge is 0.135 e. The first-order chi connectivity index (χ1) is 8.65. The van der Waals surface area contributed by atoms with E-state index in [0.29, 0.717) is 5.02 Å². The van der Waals surface area contributed by atoms with Gasteiger partial charge in [-0.15, -0.1) is 11.3 Å². The fourth-order valence-electron chi connectivity index (χ4n) is 1.96. The summed E-state index contributed by atoms with van der Waals surface area (Å²) in [6.45, 7) is 2.07. The molecular formula is C14H12ClNOS. The molecule has 3 aromatic rings. The van der Waals surface area contributed by atoms with Gasteiger partial charge in [0, 0.05) is 15.1 Å². The Bertz CT molecular complexity index is 701. The van der Waals surface area contributed by atoms with Crippen molar-refractivity contribution in [2.24, 2.45) is 5.73 Å². The van der Waals surface area contributed by atoms with Crippen molar-refractivity contribution in [2.45, 2.75) is 13.0 Å². The highest BCUT2D eigenvalue weighted by molar-refractivity contribution is 7.12. The summed E-state index contributed by atoms with van der Waals surface area (Å²) in [5, 5.41) is 1.61. The fraction of sp³-hybridized carbons (Fsp3) is 0.143. The average Bonchev–Trinajstić information content (AvgIpc) is 2.95. The van der Waals surface area contributed by atoms with E-state index < -0.39 is 0 Å². The van der Waals surface area contributed by atoms with Gasteiger partial charge in [-0.25, -0.2) is 0 Å². The van der Waals surface area contributed by atoms with Gasteiger partial charge in [-0.3, -0.25) is 0 Å². The number of hydrogen-bond donors (Lipinski definition) is 1. The Labute approximate surface area is 114 Å². The number of rotatable bonds is 2. The number of nitrogens with two attached hydrogens (primary N) is 1. The lowest BCUT2D eigenvalue weighted by molar-refractivity contribution is 0.528. The summed E-state index contributed by atoms with van der Waals surface area (Å²) >= 11 is 7.81. The minimum Gasteiger partial charge on any atom is -0.459 e. The van der Waals surface area contributed by atoms with E-state index >= 15 is 0 Å². The Kier molecular flexibility index (Phi) is 2.90. The van der Waals surface area contributed by atoms with Gasteiger partial charge in [0.05, 0.1) is 11.1 Å². The highest BCUT2D eigenvalue weighted by atomic mass is 35.5. The van der Waals surface area contributed by atoms with Crippen molar-refractivity contribution in [3.63, 3.8) is 0 Å². The van der Waals surface area contributed by atoms with Crippen LogP contribution in [0, 0.1) is 6.92 Å². The molecule has 1 aromatic carbocycles. The van der Waals surface area contributed by atoms with Crippen molar-refractivity contribution in [2.75, 3.05) is 0 Å². The number of aryl methyl sites for hydroxylation is 1. The maximum atomic E-state index is 6.22. The zero-order valence-electron chi connectivity index (χ0n) is 9.81. The molecule has 2 N–H and O–H groups in total. The summed E-state index contributed by atoms with van der Waals surface area (Å²) in [4.78, 5) is 2.34. The molecule has 0 aliphatic rings. The Hall–Kier alpha value is -1.29. The van der Waals surface area contributed by atoms with Crippen molar-refractivity contribution in [1.29, 1.82) is 0 Å². The quantitative estimate of drug-likeness (QED) is 0.749. The van der Waals surface area contributed by atoms with E-state index in [0.717, 1.165) is 21.6 Å². The average molecular weight is 278 g/mol. The Balaban J connectivity index is 2.06. The molecule has 0 amide bonds. The molecule has 18 heavy (non-hydrogen) atoms. The van der Waals surface area contributed by atoms with Crippen molar-refractivity contribution in [1.82, 2.24) is 0 Å². The van der Waals surface area contributed by atoms with E-state index in [4.69, 9.17) is 21.8 Å². The first-order valence-corrected chi connectivity index (χ1v) is 6.84. The zero-order valence-corrected chi connectivity index (χ0v) is 11.4. The molecule has 2 nitrogen and oxygen atoms in total. The van der Waals surface area contributed by atoms with Crippen LogP contribution in [-0.4, -0.2) is 0 Å². The van der Waals surface area contributed by atoms with E-state index in [-0.39, 0.29) is 6.04 Å². The van der Waals surface area contributed by atoms with E-state index in [1.165, 1.54) is 4.88 Å². The Morgan fingerprint density at radius 3 is 2.78 bits per heavy atom. The zero-order chi connectivity index (χ0) is 12.7. The van der Waals surface area contributed by atoms with Crippen LogP contribution in [0.15, 0.2) is 40.8 Å². The normalized spacial score (nSPS) is 13.1. The van der Waals surface area contributed by atoms with E-state index in [9.17, 15) is 0 Å². The Morgan fingerprint density at radius 2 is 2.11 bits per heavy atom. The number of halogens is 1. The molecular weight excluding hydrogens is 266 g/mol. The molecule has 0 spiro atoms. The summed E-state index contributed by atoms with van der Waals surface area (Å²) in [6, 6.07) is 11.4. The third-order valence-electron chi connectivity index (χ3n) is 2.90. The minimum absolute atomic E-state index is 0.229. The third-order valence-corrected chi connectivity index (χ3v) is 4.31. The van der Waals surface area contributed by atoms with Crippen LogP contribution in [0.2, 0.25) is 5.02 Å². The maximum Gasteiger partial charge on any atom is 0.135 e. The van der Waals surface area contributed by atoms with Crippen LogP contribution in [0.5, 0.6) is 0 Å². The number of benzene rings is 1. The summed E-state index contributed by atoms with van der Waals surface area (Å²) in [7, 11) is 0. The number of hydrogen-bond acceptors (Lipinski definition) is 3. The molecule has 1 atom stereocenters. The molecule has 0 fully saturated rings. The van der Waals surface area contributed by atoms with E-state index in [2.05, 4.69) is 13.0 Å². The monoisotopic (exact) mass is 277 g/mol. The summed E-state index contributed by atoms with van der Waals surface area (Å²) < 4.78 is 5.77. The maximum absolute atomic E-state index is 6.22. The Morgan fingerprint density at radius 1 is 1.28 bits per heavy atom. The van der Waals surface area contributed by atoms with Gasteiger partial charge in [-0.2, -0.15) is 0 Å². The predicted octanol–water partition coefficient (Wildman–Crippen LogP) is 4.50. The van der Waals surface area contributed by atoms with Crippen LogP contribution in [0.4, 0.5) is 0 Å². The van der Waals surface area contributed by atoms with Gasteiger partial charge < -0.3 is 10.2 Å². The topological polar surface area (TPSA) is 39.2 Å². The van der Waals surface area contributed by atoms with Gasteiger partial charge in [0.2, 0.25) is 0 Å². The number of furan rings is 1. The van der Waals surface area contributed by atoms with Crippen LogP contribution in [0.1, 0.15) is 21.6 Å². The van der Waals surface area contributed by atoms with Gasteiger partial charge in [0.25, 0.3) is 0 Å². The molecule has 0 bridgehead atoms. The second kappa shape index (κ2) is 4.43. The number of thiophene rings is 1. The van der Waals surface area contributed by atoms with Gasteiger partial charge in [-0.1, -0.05) is 17.7 Å². The van der Waals surface area contributed by atoms with Crippen LogP contribution in [-0.2, 0) is 0 Å². The summed E-state index contributed by atoms with van der Waals surface area (Å²) in [5.41, 5.74) is 7.00. The first kappa shape index (κ1) is 11.8. The lowest BCUT2D eigenvalue weighted by Gasteiger charge is -2.04. The lowest BCUT2D eigenvalue weighted by atomic mass is 10.2. The van der Waals surface area contributed by atoms with Gasteiger partial charge in [0.1, 0.15) is 11.3 Å². The molecule has 4 heteroatoms. The molecule has 0 aliphatic heterocycles. The van der Waals surface area contributed by atoms with Crippen molar-refractivity contribution in [3.05, 3.63) is 56.9 Å². The van der Waals surface area contributed by atoms with Crippen molar-refractivity contribution >= 4 is 33.9 Å².